The first kappa shape index (κ1) is 11.7. The van der Waals surface area contributed by atoms with Crippen LogP contribution in [0.25, 0.3) is 0 Å². The minimum Gasteiger partial charge on any atom is -0.496 e. The molecule has 0 spiro atoms. The van der Waals surface area contributed by atoms with Crippen molar-refractivity contribution in [2.45, 2.75) is 9.79 Å². The lowest BCUT2D eigenvalue weighted by molar-refractivity contribution is 0.112. The largest absolute Gasteiger partial charge is 0.496 e. The van der Waals surface area contributed by atoms with Crippen molar-refractivity contribution in [3.63, 3.8) is 0 Å². The maximum atomic E-state index is 10.7. The van der Waals surface area contributed by atoms with Crippen LogP contribution >= 0.6 is 11.8 Å². The average molecular weight is 244 g/mol. The first-order valence-electron chi connectivity index (χ1n) is 5.19. The standard InChI is InChI=1S/C14H12O2S/c1-16-13-7-2-3-8-14(13)17-12-6-4-5-11(9-12)10-15/h2-10H,1H3. The zero-order valence-corrected chi connectivity index (χ0v) is 10.2. The Bertz CT molecular complexity index is 523. The Morgan fingerprint density at radius 3 is 2.71 bits per heavy atom. The maximum Gasteiger partial charge on any atom is 0.150 e. The van der Waals surface area contributed by atoms with Gasteiger partial charge in [-0.15, -0.1) is 0 Å². The zero-order chi connectivity index (χ0) is 12.1. The minimum absolute atomic E-state index is 0.685. The number of hydrogen-bond donors (Lipinski definition) is 0. The number of methoxy groups -OCH3 is 1. The van der Waals surface area contributed by atoms with Gasteiger partial charge in [0.2, 0.25) is 0 Å². The van der Waals surface area contributed by atoms with Gasteiger partial charge in [0, 0.05) is 10.5 Å². The van der Waals surface area contributed by atoms with E-state index in [2.05, 4.69) is 0 Å². The van der Waals surface area contributed by atoms with Crippen molar-refractivity contribution < 1.29 is 9.53 Å². The van der Waals surface area contributed by atoms with Gasteiger partial charge in [-0.25, -0.2) is 0 Å². The van der Waals surface area contributed by atoms with Gasteiger partial charge in [0.15, 0.2) is 0 Å². The first-order chi connectivity index (χ1) is 8.33. The maximum absolute atomic E-state index is 10.7. The molecule has 0 saturated carbocycles. The van der Waals surface area contributed by atoms with Crippen LogP contribution in [0.4, 0.5) is 0 Å². The quantitative estimate of drug-likeness (QED) is 0.768. The van der Waals surface area contributed by atoms with E-state index in [1.807, 2.05) is 42.5 Å². The lowest BCUT2D eigenvalue weighted by Crippen LogP contribution is -1.85. The molecule has 2 nitrogen and oxygen atoms in total. The Kier molecular flexibility index (Phi) is 3.83. The van der Waals surface area contributed by atoms with E-state index >= 15 is 0 Å². The fraction of sp³-hybridized carbons (Fsp3) is 0.0714. The van der Waals surface area contributed by atoms with E-state index in [4.69, 9.17) is 4.74 Å². The predicted octanol–water partition coefficient (Wildman–Crippen LogP) is 3.66. The third-order valence-electron chi connectivity index (χ3n) is 2.29. The van der Waals surface area contributed by atoms with Gasteiger partial charge in [-0.2, -0.15) is 0 Å². The number of benzene rings is 2. The molecule has 0 N–H and O–H groups in total. The highest BCUT2D eigenvalue weighted by molar-refractivity contribution is 7.99. The van der Waals surface area contributed by atoms with Crippen molar-refractivity contribution in [3.05, 3.63) is 54.1 Å². The minimum atomic E-state index is 0.685. The summed E-state index contributed by atoms with van der Waals surface area (Å²) in [5.74, 6) is 0.842. The molecule has 2 rings (SSSR count). The molecular formula is C14H12O2S. The fourth-order valence-corrected chi connectivity index (χ4v) is 2.48. The van der Waals surface area contributed by atoms with Gasteiger partial charge in [0.05, 0.1) is 12.0 Å². The molecule has 0 aliphatic heterocycles. The number of ether oxygens (including phenoxy) is 1. The van der Waals surface area contributed by atoms with Crippen LogP contribution < -0.4 is 4.74 Å². The molecule has 0 heterocycles. The summed E-state index contributed by atoms with van der Waals surface area (Å²) in [5.41, 5.74) is 0.685. The number of rotatable bonds is 4. The molecule has 0 aromatic heterocycles. The highest BCUT2D eigenvalue weighted by atomic mass is 32.2. The summed E-state index contributed by atoms with van der Waals surface area (Å²) in [6.45, 7) is 0. The van der Waals surface area contributed by atoms with E-state index < -0.39 is 0 Å². The second-order valence-corrected chi connectivity index (χ2v) is 4.56. The van der Waals surface area contributed by atoms with Crippen LogP contribution in [0.3, 0.4) is 0 Å². The van der Waals surface area contributed by atoms with Crippen LogP contribution in [-0.2, 0) is 0 Å². The lowest BCUT2D eigenvalue weighted by Gasteiger charge is -2.07. The van der Waals surface area contributed by atoms with Gasteiger partial charge in [-0.05, 0) is 24.3 Å². The third-order valence-corrected chi connectivity index (χ3v) is 3.34. The number of para-hydroxylation sites is 1. The van der Waals surface area contributed by atoms with Crippen LogP contribution in [0.15, 0.2) is 58.3 Å². The third kappa shape index (κ3) is 2.88. The number of aldehydes is 1. The molecule has 86 valence electrons. The lowest BCUT2D eigenvalue weighted by atomic mass is 10.2. The Labute approximate surface area is 105 Å². The smallest absolute Gasteiger partial charge is 0.150 e. The summed E-state index contributed by atoms with van der Waals surface area (Å²) in [6.07, 6.45) is 0.853. The molecule has 0 amide bonds. The topological polar surface area (TPSA) is 26.3 Å². The van der Waals surface area contributed by atoms with Crippen LogP contribution in [0.2, 0.25) is 0 Å². The number of carbonyl (C=O) groups is 1. The molecule has 0 atom stereocenters. The van der Waals surface area contributed by atoms with Crippen molar-refractivity contribution in [3.8, 4) is 5.75 Å². The Balaban J connectivity index is 2.27. The normalized spacial score (nSPS) is 9.94. The SMILES string of the molecule is COc1ccccc1Sc1cccc(C=O)c1. The fourth-order valence-electron chi connectivity index (χ4n) is 1.48. The molecule has 0 unspecified atom stereocenters. The molecule has 0 aliphatic rings. The molecule has 0 saturated heterocycles. The predicted molar refractivity (Wildman–Crippen MR) is 68.9 cm³/mol. The average Bonchev–Trinajstić information content (AvgIpc) is 2.39. The molecule has 17 heavy (non-hydrogen) atoms. The van der Waals surface area contributed by atoms with Gasteiger partial charge < -0.3 is 4.74 Å². The Morgan fingerprint density at radius 1 is 1.12 bits per heavy atom. The monoisotopic (exact) mass is 244 g/mol. The Hall–Kier alpha value is -1.74. The van der Waals surface area contributed by atoms with E-state index in [-0.39, 0.29) is 0 Å². The van der Waals surface area contributed by atoms with E-state index in [0.29, 0.717) is 5.56 Å². The second-order valence-electron chi connectivity index (χ2n) is 3.44. The summed E-state index contributed by atoms with van der Waals surface area (Å²) in [6, 6.07) is 15.3. The van der Waals surface area contributed by atoms with E-state index in [0.717, 1.165) is 21.8 Å². The molecule has 0 aliphatic carbocycles. The van der Waals surface area contributed by atoms with Crippen molar-refractivity contribution in [1.29, 1.82) is 0 Å². The number of carbonyl (C=O) groups excluding carboxylic acids is 1. The molecule has 0 fully saturated rings. The van der Waals surface area contributed by atoms with E-state index in [1.165, 1.54) is 0 Å². The molecule has 3 heteroatoms. The number of hydrogen-bond acceptors (Lipinski definition) is 3. The van der Waals surface area contributed by atoms with Crippen LogP contribution in [0.5, 0.6) is 5.75 Å². The van der Waals surface area contributed by atoms with Gasteiger partial charge in [0.25, 0.3) is 0 Å². The van der Waals surface area contributed by atoms with Gasteiger partial charge in [0.1, 0.15) is 12.0 Å². The van der Waals surface area contributed by atoms with E-state index in [9.17, 15) is 4.79 Å². The van der Waals surface area contributed by atoms with Crippen molar-refractivity contribution >= 4 is 18.0 Å². The molecular weight excluding hydrogens is 232 g/mol. The van der Waals surface area contributed by atoms with Crippen molar-refractivity contribution in [2.75, 3.05) is 7.11 Å². The van der Waals surface area contributed by atoms with Crippen molar-refractivity contribution in [2.24, 2.45) is 0 Å². The molecule has 2 aromatic carbocycles. The summed E-state index contributed by atoms with van der Waals surface area (Å²) < 4.78 is 5.28. The highest BCUT2D eigenvalue weighted by Crippen LogP contribution is 2.34. The van der Waals surface area contributed by atoms with Gasteiger partial charge in [-0.1, -0.05) is 36.0 Å². The van der Waals surface area contributed by atoms with Crippen LogP contribution in [-0.4, -0.2) is 13.4 Å². The first-order valence-corrected chi connectivity index (χ1v) is 6.01. The summed E-state index contributed by atoms with van der Waals surface area (Å²) in [4.78, 5) is 12.8. The molecule has 0 bridgehead atoms. The van der Waals surface area contributed by atoms with Gasteiger partial charge >= 0.3 is 0 Å². The van der Waals surface area contributed by atoms with E-state index in [1.54, 1.807) is 24.9 Å². The highest BCUT2D eigenvalue weighted by Gasteiger charge is 2.04. The van der Waals surface area contributed by atoms with Gasteiger partial charge in [-0.3, -0.25) is 4.79 Å². The van der Waals surface area contributed by atoms with Crippen LogP contribution in [0, 0.1) is 0 Å². The summed E-state index contributed by atoms with van der Waals surface area (Å²) in [5, 5.41) is 0. The van der Waals surface area contributed by atoms with Crippen molar-refractivity contribution in [1.82, 2.24) is 0 Å². The Morgan fingerprint density at radius 2 is 1.94 bits per heavy atom. The second kappa shape index (κ2) is 5.55. The zero-order valence-electron chi connectivity index (χ0n) is 9.42. The molecule has 0 radical (unpaired) electrons. The summed E-state index contributed by atoms with van der Waals surface area (Å²) >= 11 is 1.58. The summed E-state index contributed by atoms with van der Waals surface area (Å²) in [7, 11) is 1.65. The molecule has 2 aromatic rings. The van der Waals surface area contributed by atoms with Crippen LogP contribution in [0.1, 0.15) is 10.4 Å².